The van der Waals surface area contributed by atoms with Crippen LogP contribution in [0.2, 0.25) is 0 Å². The maximum Gasteiger partial charge on any atom is 0.0775 e. The van der Waals surface area contributed by atoms with Crippen molar-refractivity contribution < 1.29 is 0 Å². The normalized spacial score (nSPS) is 42.0. The summed E-state index contributed by atoms with van der Waals surface area (Å²) in [5.74, 6) is 0.477. The van der Waals surface area contributed by atoms with Crippen LogP contribution in [0.3, 0.4) is 0 Å². The van der Waals surface area contributed by atoms with Gasteiger partial charge in [-0.1, -0.05) is 0 Å². The van der Waals surface area contributed by atoms with Crippen LogP contribution in [0.25, 0.3) is 0 Å². The Balaban J connectivity index is 2.31. The highest BCUT2D eigenvalue weighted by Crippen LogP contribution is 2.61. The Kier molecular flexibility index (Phi) is 2.61. The molecule has 0 amide bonds. The van der Waals surface area contributed by atoms with E-state index in [1.165, 1.54) is 0 Å². The van der Waals surface area contributed by atoms with E-state index in [2.05, 4.69) is 18.2 Å². The van der Waals surface area contributed by atoms with E-state index < -0.39 is 5.41 Å². The lowest BCUT2D eigenvalue weighted by molar-refractivity contribution is 0.158. The molecule has 16 heavy (non-hydrogen) atoms. The monoisotopic (exact) mass is 213 g/mol. The molecule has 0 aromatic heterocycles. The van der Waals surface area contributed by atoms with E-state index in [-0.39, 0.29) is 11.8 Å². The number of hydrogen-bond acceptors (Lipinski definition) is 3. The van der Waals surface area contributed by atoms with Crippen LogP contribution in [0.1, 0.15) is 32.6 Å². The summed E-state index contributed by atoms with van der Waals surface area (Å²) in [6.07, 6.45) is 3.74. The van der Waals surface area contributed by atoms with Gasteiger partial charge in [-0.3, -0.25) is 0 Å². The zero-order chi connectivity index (χ0) is 11.8. The maximum absolute atomic E-state index is 9.47. The molecule has 0 N–H and O–H groups in total. The molecule has 0 aromatic carbocycles. The number of fused-ring (bicyclic) bond motifs is 2. The summed E-state index contributed by atoms with van der Waals surface area (Å²) >= 11 is 0. The molecule has 0 aliphatic heterocycles. The molecule has 2 fully saturated rings. The third-order valence-electron chi connectivity index (χ3n) is 4.44. The molecule has 0 radical (unpaired) electrons. The fourth-order valence-corrected chi connectivity index (χ4v) is 3.73. The number of hydrogen-bond donors (Lipinski definition) is 0. The van der Waals surface area contributed by atoms with Crippen molar-refractivity contribution in [2.45, 2.75) is 32.6 Å². The largest absolute Gasteiger partial charge is 0.198 e. The highest BCUT2D eigenvalue weighted by molar-refractivity contribution is 5.22. The fraction of sp³-hybridized carbons (Fsp3) is 0.769. The highest BCUT2D eigenvalue weighted by Gasteiger charge is 2.59. The van der Waals surface area contributed by atoms with Gasteiger partial charge < -0.3 is 0 Å². The highest BCUT2D eigenvalue weighted by atomic mass is 14.6. The molecule has 3 heteroatoms. The molecule has 2 aliphatic carbocycles. The van der Waals surface area contributed by atoms with Gasteiger partial charge in [-0.2, -0.15) is 15.8 Å². The quantitative estimate of drug-likeness (QED) is 0.707. The van der Waals surface area contributed by atoms with E-state index in [1.54, 1.807) is 0 Å². The Hall–Kier alpha value is -1.53. The lowest BCUT2D eigenvalue weighted by atomic mass is 9.64. The average molecular weight is 213 g/mol. The van der Waals surface area contributed by atoms with Crippen molar-refractivity contribution in [3.8, 4) is 18.2 Å². The molecular weight excluding hydrogens is 198 g/mol. The second kappa shape index (κ2) is 3.80. The van der Waals surface area contributed by atoms with E-state index in [1.807, 2.05) is 6.92 Å². The van der Waals surface area contributed by atoms with Gasteiger partial charge in [0.15, 0.2) is 0 Å². The molecule has 2 aliphatic rings. The zero-order valence-electron chi connectivity index (χ0n) is 9.48. The molecule has 0 aromatic rings. The van der Waals surface area contributed by atoms with Gasteiger partial charge in [0.1, 0.15) is 0 Å². The van der Waals surface area contributed by atoms with Gasteiger partial charge in [0.2, 0.25) is 0 Å². The number of rotatable bonds is 2. The van der Waals surface area contributed by atoms with E-state index in [4.69, 9.17) is 5.26 Å². The third kappa shape index (κ3) is 1.30. The van der Waals surface area contributed by atoms with Crippen molar-refractivity contribution in [2.24, 2.45) is 29.1 Å². The van der Waals surface area contributed by atoms with Gasteiger partial charge in [0.05, 0.1) is 29.5 Å². The minimum Gasteiger partial charge on any atom is -0.198 e. The van der Waals surface area contributed by atoms with Crippen LogP contribution in [0.15, 0.2) is 0 Å². The summed E-state index contributed by atoms with van der Waals surface area (Å²) in [4.78, 5) is 0. The number of nitriles is 3. The lowest BCUT2D eigenvalue weighted by Gasteiger charge is -2.35. The van der Waals surface area contributed by atoms with E-state index >= 15 is 0 Å². The van der Waals surface area contributed by atoms with Crippen LogP contribution in [-0.4, -0.2) is 0 Å². The Morgan fingerprint density at radius 2 is 2.06 bits per heavy atom. The molecule has 3 nitrogen and oxygen atoms in total. The van der Waals surface area contributed by atoms with Gasteiger partial charge in [-0.25, -0.2) is 0 Å². The fourth-order valence-electron chi connectivity index (χ4n) is 3.73. The molecule has 2 rings (SSSR count). The smallest absolute Gasteiger partial charge is 0.0775 e. The minimum atomic E-state index is -0.535. The summed E-state index contributed by atoms with van der Waals surface area (Å²) in [5, 5.41) is 27.6. The van der Waals surface area contributed by atoms with Crippen molar-refractivity contribution in [3.05, 3.63) is 0 Å². The molecule has 4 unspecified atom stereocenters. The van der Waals surface area contributed by atoms with E-state index in [0.717, 1.165) is 19.3 Å². The first kappa shape index (κ1) is 11.0. The standard InChI is InChI=1S/C13H15N3/c1-9(6-14)5-13(8-16)11-3-2-10(4-11)12(13)7-15/h9-12H,2-5H2,1H3/t9?,10-,11?,12?,13?/m0/s1. The van der Waals surface area contributed by atoms with Crippen LogP contribution in [0, 0.1) is 63.1 Å². The SMILES string of the molecule is CC(C#N)CC1(C#N)C2CC[C@@H](C2)C1C#N. The van der Waals surface area contributed by atoms with Gasteiger partial charge in [0, 0.05) is 5.92 Å². The third-order valence-corrected chi connectivity index (χ3v) is 4.44. The van der Waals surface area contributed by atoms with E-state index in [0.29, 0.717) is 18.3 Å². The van der Waals surface area contributed by atoms with Gasteiger partial charge in [-0.05, 0) is 44.4 Å². The summed E-state index contributed by atoms with van der Waals surface area (Å²) < 4.78 is 0. The predicted molar refractivity (Wildman–Crippen MR) is 57.4 cm³/mol. The Labute approximate surface area is 96.3 Å². The Morgan fingerprint density at radius 3 is 2.62 bits per heavy atom. The van der Waals surface area contributed by atoms with Gasteiger partial charge in [-0.15, -0.1) is 0 Å². The Bertz CT molecular complexity index is 408. The average Bonchev–Trinajstić information content (AvgIpc) is 2.87. The predicted octanol–water partition coefficient (Wildman–Crippen LogP) is 2.62. The molecule has 5 atom stereocenters. The molecule has 0 saturated heterocycles. The van der Waals surface area contributed by atoms with Crippen LogP contribution >= 0.6 is 0 Å². The molecule has 2 bridgehead atoms. The number of nitrogens with zero attached hydrogens (tertiary/aromatic N) is 3. The zero-order valence-corrected chi connectivity index (χ0v) is 9.48. The summed E-state index contributed by atoms with van der Waals surface area (Å²) in [6.45, 7) is 1.85. The van der Waals surface area contributed by atoms with Crippen molar-refractivity contribution in [1.82, 2.24) is 0 Å². The van der Waals surface area contributed by atoms with Crippen LogP contribution < -0.4 is 0 Å². The summed E-state index contributed by atoms with van der Waals surface area (Å²) in [7, 11) is 0. The molecule has 2 saturated carbocycles. The summed E-state index contributed by atoms with van der Waals surface area (Å²) in [5.41, 5.74) is -0.535. The molecule has 82 valence electrons. The van der Waals surface area contributed by atoms with E-state index in [9.17, 15) is 10.5 Å². The molecule has 0 spiro atoms. The Morgan fingerprint density at radius 1 is 1.31 bits per heavy atom. The molecule has 0 heterocycles. The lowest BCUT2D eigenvalue weighted by Crippen LogP contribution is -2.35. The molecular formula is C13H15N3. The first-order valence-corrected chi connectivity index (χ1v) is 5.88. The maximum atomic E-state index is 9.47. The van der Waals surface area contributed by atoms with Crippen LogP contribution in [-0.2, 0) is 0 Å². The van der Waals surface area contributed by atoms with Crippen molar-refractivity contribution in [1.29, 1.82) is 15.8 Å². The van der Waals surface area contributed by atoms with Crippen molar-refractivity contribution in [3.63, 3.8) is 0 Å². The second-order valence-electron chi connectivity index (χ2n) is 5.26. The topological polar surface area (TPSA) is 71.4 Å². The van der Waals surface area contributed by atoms with Gasteiger partial charge >= 0.3 is 0 Å². The first-order chi connectivity index (χ1) is 7.67. The van der Waals surface area contributed by atoms with Gasteiger partial charge in [0.25, 0.3) is 0 Å². The van der Waals surface area contributed by atoms with Crippen molar-refractivity contribution >= 4 is 0 Å². The first-order valence-electron chi connectivity index (χ1n) is 5.88. The second-order valence-corrected chi connectivity index (χ2v) is 5.26. The van der Waals surface area contributed by atoms with Crippen molar-refractivity contribution in [2.75, 3.05) is 0 Å². The van der Waals surface area contributed by atoms with Crippen LogP contribution in [0.4, 0.5) is 0 Å². The minimum absolute atomic E-state index is 0.130. The van der Waals surface area contributed by atoms with Crippen LogP contribution in [0.5, 0.6) is 0 Å². The summed E-state index contributed by atoms with van der Waals surface area (Å²) in [6, 6.07) is 6.93.